The van der Waals surface area contributed by atoms with Crippen LogP contribution in [0.4, 0.5) is 0 Å². The lowest BCUT2D eigenvalue weighted by Crippen LogP contribution is -2.30. The number of rotatable bonds is 7. The van der Waals surface area contributed by atoms with Crippen LogP contribution in [0.2, 0.25) is 0 Å². The van der Waals surface area contributed by atoms with Crippen LogP contribution in [-0.2, 0) is 16.0 Å². The molecule has 0 aromatic heterocycles. The molecule has 1 unspecified atom stereocenters. The van der Waals surface area contributed by atoms with Gasteiger partial charge in [0.25, 0.3) is 0 Å². The van der Waals surface area contributed by atoms with Crippen molar-refractivity contribution >= 4 is 5.97 Å². The van der Waals surface area contributed by atoms with Crippen molar-refractivity contribution < 1.29 is 9.53 Å². The third-order valence-corrected chi connectivity index (χ3v) is 2.77. The second-order valence-electron chi connectivity index (χ2n) is 4.60. The normalized spacial score (nSPS) is 12.2. The van der Waals surface area contributed by atoms with Gasteiger partial charge < -0.3 is 10.1 Å². The highest BCUT2D eigenvalue weighted by Crippen LogP contribution is 2.04. The first-order valence-electron chi connectivity index (χ1n) is 6.56. The Labute approximate surface area is 110 Å². The highest BCUT2D eigenvalue weighted by atomic mass is 16.5. The Kier molecular flexibility index (Phi) is 6.44. The standard InChI is InChI=1S/C15H23NO2/c1-4-18-15(17)11-13(3)16-9-8-14-7-5-6-12(2)10-14/h5-7,10,13,16H,4,8-9,11H2,1-3H3. The van der Waals surface area contributed by atoms with E-state index in [1.54, 1.807) is 0 Å². The molecular formula is C15H23NO2. The third-order valence-electron chi connectivity index (χ3n) is 2.77. The minimum absolute atomic E-state index is 0.131. The van der Waals surface area contributed by atoms with Gasteiger partial charge in [0.2, 0.25) is 0 Å². The van der Waals surface area contributed by atoms with E-state index < -0.39 is 0 Å². The first-order chi connectivity index (χ1) is 8.61. The van der Waals surface area contributed by atoms with Crippen molar-refractivity contribution in [3.63, 3.8) is 0 Å². The molecule has 0 amide bonds. The lowest BCUT2D eigenvalue weighted by atomic mass is 10.1. The van der Waals surface area contributed by atoms with Gasteiger partial charge in [0.1, 0.15) is 0 Å². The molecule has 0 saturated carbocycles. The lowest BCUT2D eigenvalue weighted by molar-refractivity contribution is -0.143. The number of ether oxygens (including phenoxy) is 1. The fourth-order valence-electron chi connectivity index (χ4n) is 1.87. The molecule has 1 rings (SSSR count). The van der Waals surface area contributed by atoms with E-state index in [0.717, 1.165) is 13.0 Å². The summed E-state index contributed by atoms with van der Waals surface area (Å²) in [6, 6.07) is 8.66. The van der Waals surface area contributed by atoms with Crippen LogP contribution in [0, 0.1) is 6.92 Å². The highest BCUT2D eigenvalue weighted by Gasteiger charge is 2.08. The van der Waals surface area contributed by atoms with Gasteiger partial charge in [-0.15, -0.1) is 0 Å². The number of carbonyl (C=O) groups is 1. The molecule has 0 aliphatic heterocycles. The summed E-state index contributed by atoms with van der Waals surface area (Å²) in [5.74, 6) is -0.131. The van der Waals surface area contributed by atoms with Crippen LogP contribution in [-0.4, -0.2) is 25.2 Å². The smallest absolute Gasteiger partial charge is 0.307 e. The van der Waals surface area contributed by atoms with Crippen molar-refractivity contribution in [1.82, 2.24) is 5.32 Å². The minimum atomic E-state index is -0.131. The van der Waals surface area contributed by atoms with Crippen LogP contribution < -0.4 is 5.32 Å². The summed E-state index contributed by atoms with van der Waals surface area (Å²) in [6.45, 7) is 7.26. The van der Waals surface area contributed by atoms with Gasteiger partial charge in [-0.2, -0.15) is 0 Å². The van der Waals surface area contributed by atoms with Crippen molar-refractivity contribution in [3.05, 3.63) is 35.4 Å². The molecule has 3 nitrogen and oxygen atoms in total. The number of esters is 1. The van der Waals surface area contributed by atoms with Crippen LogP contribution in [0.3, 0.4) is 0 Å². The van der Waals surface area contributed by atoms with Crippen LogP contribution in [0.1, 0.15) is 31.4 Å². The molecule has 0 saturated heterocycles. The molecule has 1 aromatic carbocycles. The minimum Gasteiger partial charge on any atom is -0.466 e. The molecule has 1 aromatic rings. The average Bonchev–Trinajstić information content (AvgIpc) is 2.29. The van der Waals surface area contributed by atoms with E-state index in [9.17, 15) is 4.79 Å². The fourth-order valence-corrected chi connectivity index (χ4v) is 1.87. The maximum absolute atomic E-state index is 11.3. The summed E-state index contributed by atoms with van der Waals surface area (Å²) in [5.41, 5.74) is 2.61. The summed E-state index contributed by atoms with van der Waals surface area (Å²) < 4.78 is 4.91. The maximum atomic E-state index is 11.3. The summed E-state index contributed by atoms with van der Waals surface area (Å²) in [7, 11) is 0. The van der Waals surface area contributed by atoms with Gasteiger partial charge in [-0.3, -0.25) is 4.79 Å². The zero-order valence-electron chi connectivity index (χ0n) is 11.5. The molecule has 0 aliphatic carbocycles. The molecular weight excluding hydrogens is 226 g/mol. The Hall–Kier alpha value is -1.35. The Balaban J connectivity index is 2.23. The topological polar surface area (TPSA) is 38.3 Å². The molecule has 0 heterocycles. The molecule has 18 heavy (non-hydrogen) atoms. The number of carbonyl (C=O) groups excluding carboxylic acids is 1. The van der Waals surface area contributed by atoms with Gasteiger partial charge in [-0.05, 0) is 39.3 Å². The van der Waals surface area contributed by atoms with Crippen LogP contribution in [0.25, 0.3) is 0 Å². The Morgan fingerprint density at radius 2 is 2.22 bits per heavy atom. The van der Waals surface area contributed by atoms with Crippen LogP contribution in [0.15, 0.2) is 24.3 Å². The Morgan fingerprint density at radius 1 is 1.44 bits per heavy atom. The van der Waals surface area contributed by atoms with E-state index in [2.05, 4.69) is 36.5 Å². The van der Waals surface area contributed by atoms with Crippen molar-refractivity contribution in [2.24, 2.45) is 0 Å². The number of hydrogen-bond acceptors (Lipinski definition) is 3. The van der Waals surface area contributed by atoms with E-state index in [4.69, 9.17) is 4.74 Å². The summed E-state index contributed by atoms with van der Waals surface area (Å²) in [5, 5.41) is 3.34. The van der Waals surface area contributed by atoms with Crippen molar-refractivity contribution in [1.29, 1.82) is 0 Å². The van der Waals surface area contributed by atoms with E-state index >= 15 is 0 Å². The number of benzene rings is 1. The molecule has 3 heteroatoms. The largest absolute Gasteiger partial charge is 0.466 e. The summed E-state index contributed by atoms with van der Waals surface area (Å²) in [6.07, 6.45) is 1.41. The lowest BCUT2D eigenvalue weighted by Gasteiger charge is -2.13. The van der Waals surface area contributed by atoms with Gasteiger partial charge in [0.15, 0.2) is 0 Å². The zero-order valence-corrected chi connectivity index (χ0v) is 11.5. The van der Waals surface area contributed by atoms with Gasteiger partial charge in [0, 0.05) is 6.04 Å². The zero-order chi connectivity index (χ0) is 13.4. The van der Waals surface area contributed by atoms with E-state index in [0.29, 0.717) is 13.0 Å². The second-order valence-corrected chi connectivity index (χ2v) is 4.60. The fraction of sp³-hybridized carbons (Fsp3) is 0.533. The number of hydrogen-bond donors (Lipinski definition) is 1. The SMILES string of the molecule is CCOC(=O)CC(C)NCCc1cccc(C)c1. The Morgan fingerprint density at radius 3 is 2.89 bits per heavy atom. The number of nitrogens with one attached hydrogen (secondary N) is 1. The van der Waals surface area contributed by atoms with Crippen molar-refractivity contribution in [2.75, 3.05) is 13.2 Å². The molecule has 0 bridgehead atoms. The van der Waals surface area contributed by atoms with Gasteiger partial charge in [-0.25, -0.2) is 0 Å². The van der Waals surface area contributed by atoms with Gasteiger partial charge in [-0.1, -0.05) is 29.8 Å². The van der Waals surface area contributed by atoms with Crippen LogP contribution >= 0.6 is 0 Å². The second kappa shape index (κ2) is 7.88. The quantitative estimate of drug-likeness (QED) is 0.754. The maximum Gasteiger partial charge on any atom is 0.307 e. The molecule has 100 valence electrons. The molecule has 0 aliphatic rings. The van der Waals surface area contributed by atoms with Crippen molar-refractivity contribution in [3.8, 4) is 0 Å². The first-order valence-corrected chi connectivity index (χ1v) is 6.56. The predicted molar refractivity (Wildman–Crippen MR) is 73.6 cm³/mol. The summed E-state index contributed by atoms with van der Waals surface area (Å²) >= 11 is 0. The number of aryl methyl sites for hydroxylation is 1. The predicted octanol–water partition coefficient (Wildman–Crippen LogP) is 2.47. The van der Waals surface area contributed by atoms with Crippen LogP contribution in [0.5, 0.6) is 0 Å². The van der Waals surface area contributed by atoms with E-state index in [-0.39, 0.29) is 12.0 Å². The van der Waals surface area contributed by atoms with Gasteiger partial charge >= 0.3 is 5.97 Å². The molecule has 0 fully saturated rings. The molecule has 1 atom stereocenters. The van der Waals surface area contributed by atoms with Gasteiger partial charge in [0.05, 0.1) is 13.0 Å². The van der Waals surface area contributed by atoms with E-state index in [1.807, 2.05) is 13.8 Å². The first kappa shape index (κ1) is 14.7. The third kappa shape index (κ3) is 5.82. The molecule has 1 N–H and O–H groups in total. The average molecular weight is 249 g/mol. The highest BCUT2D eigenvalue weighted by molar-refractivity contribution is 5.69. The molecule has 0 radical (unpaired) electrons. The Bertz CT molecular complexity index is 377. The van der Waals surface area contributed by atoms with E-state index in [1.165, 1.54) is 11.1 Å². The van der Waals surface area contributed by atoms with Crippen molar-refractivity contribution in [2.45, 2.75) is 39.7 Å². The summed E-state index contributed by atoms with van der Waals surface area (Å²) in [4.78, 5) is 11.3. The monoisotopic (exact) mass is 249 g/mol. The molecule has 0 spiro atoms.